The van der Waals surface area contributed by atoms with Crippen molar-refractivity contribution in [2.45, 2.75) is 0 Å². The normalized spacial score (nSPS) is 11.3. The Bertz CT molecular complexity index is 676. The highest BCUT2D eigenvalue weighted by molar-refractivity contribution is 6.48. The van der Waals surface area contributed by atoms with Gasteiger partial charge in [0.15, 0.2) is 0 Å². The van der Waals surface area contributed by atoms with E-state index in [4.69, 9.17) is 69.6 Å². The average molecular weight is 389 g/mol. The molecule has 2 aromatic rings. The van der Waals surface area contributed by atoms with Gasteiger partial charge in [-0.25, -0.2) is 0 Å². The van der Waals surface area contributed by atoms with Gasteiger partial charge < -0.3 is 0 Å². The van der Waals surface area contributed by atoms with Gasteiger partial charge in [0.2, 0.25) is 0 Å². The molecular weight excluding hydrogens is 385 g/mol. The van der Waals surface area contributed by atoms with Gasteiger partial charge in [0.25, 0.3) is 0 Å². The van der Waals surface area contributed by atoms with Crippen molar-refractivity contribution < 1.29 is 0 Å². The van der Waals surface area contributed by atoms with E-state index in [0.29, 0.717) is 26.4 Å². The molecule has 0 aliphatic carbocycles. The third kappa shape index (κ3) is 3.70. The van der Waals surface area contributed by atoms with Crippen molar-refractivity contribution in [1.82, 2.24) is 0 Å². The van der Waals surface area contributed by atoms with Crippen LogP contribution in [-0.2, 0) is 0 Å². The highest BCUT2D eigenvalue weighted by Crippen LogP contribution is 2.37. The van der Waals surface area contributed by atoms with Gasteiger partial charge in [0.05, 0.1) is 35.8 Å². The topological polar surface area (TPSA) is 24.7 Å². The molecule has 2 rings (SSSR count). The lowest BCUT2D eigenvalue weighted by Crippen LogP contribution is -1.74. The Hall–Kier alpha value is -0.220. The van der Waals surface area contributed by atoms with E-state index in [2.05, 4.69) is 10.2 Å². The second-order valence-corrected chi connectivity index (χ2v) is 6.06. The highest BCUT2D eigenvalue weighted by atomic mass is 35.5. The molecule has 0 N–H and O–H groups in total. The summed E-state index contributed by atoms with van der Waals surface area (Å²) >= 11 is 35.3. The fourth-order valence-electron chi connectivity index (χ4n) is 1.30. The van der Waals surface area contributed by atoms with Gasteiger partial charge in [-0.15, -0.1) is 5.11 Å². The molecular formula is C12H4Cl6N2. The molecule has 2 aromatic carbocycles. The molecule has 0 fully saturated rings. The van der Waals surface area contributed by atoms with Crippen LogP contribution in [0.5, 0.6) is 0 Å². The van der Waals surface area contributed by atoms with Crippen LogP contribution in [0.4, 0.5) is 11.4 Å². The predicted octanol–water partition coefficient (Wildman–Crippen LogP) is 8.02. The first-order valence-corrected chi connectivity index (χ1v) is 7.36. The molecule has 0 amide bonds. The van der Waals surface area contributed by atoms with Crippen molar-refractivity contribution in [2.75, 3.05) is 0 Å². The van der Waals surface area contributed by atoms with Crippen LogP contribution in [0.2, 0.25) is 30.1 Å². The molecule has 0 bridgehead atoms. The summed E-state index contributed by atoms with van der Waals surface area (Å²) in [5, 5.41) is 9.80. The Kier molecular flexibility index (Phi) is 5.41. The lowest BCUT2D eigenvalue weighted by Gasteiger charge is -2.02. The van der Waals surface area contributed by atoms with Crippen molar-refractivity contribution in [1.29, 1.82) is 0 Å². The molecule has 0 saturated heterocycles. The zero-order chi connectivity index (χ0) is 14.9. The van der Waals surface area contributed by atoms with Gasteiger partial charge in [-0.3, -0.25) is 0 Å². The number of benzene rings is 2. The quantitative estimate of drug-likeness (QED) is 0.282. The molecule has 0 radical (unpaired) electrons. The van der Waals surface area contributed by atoms with Crippen LogP contribution < -0.4 is 0 Å². The minimum absolute atomic E-state index is 0.264. The number of rotatable bonds is 2. The van der Waals surface area contributed by atoms with E-state index in [1.807, 2.05) is 0 Å². The number of hydrogen-bond acceptors (Lipinski definition) is 2. The van der Waals surface area contributed by atoms with Crippen molar-refractivity contribution in [3.8, 4) is 0 Å². The third-order valence-corrected chi connectivity index (χ3v) is 4.45. The average Bonchev–Trinajstić information content (AvgIpc) is 2.38. The molecule has 104 valence electrons. The smallest absolute Gasteiger partial charge is 0.106 e. The summed E-state index contributed by atoms with van der Waals surface area (Å²) in [6.07, 6.45) is 0. The van der Waals surface area contributed by atoms with Crippen LogP contribution in [0.15, 0.2) is 34.5 Å². The Morgan fingerprint density at radius 1 is 0.550 bits per heavy atom. The molecule has 0 spiro atoms. The molecule has 0 aliphatic rings. The standard InChI is InChI=1S/C12H4Cl6N2/c13-6-3-8(15)11(4-7(6)14)20-19-5-1-9(16)12(18)10(17)2-5/h1-4H. The van der Waals surface area contributed by atoms with E-state index in [-0.39, 0.29) is 15.1 Å². The molecule has 0 unspecified atom stereocenters. The van der Waals surface area contributed by atoms with Crippen LogP contribution in [0.3, 0.4) is 0 Å². The molecule has 0 heterocycles. The largest absolute Gasteiger partial charge is 0.150 e. The maximum atomic E-state index is 5.99. The van der Waals surface area contributed by atoms with E-state index in [9.17, 15) is 0 Å². The molecule has 0 saturated carbocycles. The van der Waals surface area contributed by atoms with Crippen molar-refractivity contribution >= 4 is 81.0 Å². The Morgan fingerprint density at radius 3 is 1.70 bits per heavy atom. The Balaban J connectivity index is 2.37. The third-order valence-electron chi connectivity index (χ3n) is 2.23. The monoisotopic (exact) mass is 386 g/mol. The first kappa shape index (κ1) is 16.2. The second-order valence-electron chi connectivity index (χ2n) is 3.64. The second kappa shape index (κ2) is 6.69. The van der Waals surface area contributed by atoms with Gasteiger partial charge in [0, 0.05) is 0 Å². The van der Waals surface area contributed by atoms with Crippen LogP contribution in [-0.4, -0.2) is 0 Å². The van der Waals surface area contributed by atoms with Crippen LogP contribution in [0.1, 0.15) is 0 Å². The van der Waals surface area contributed by atoms with Crippen LogP contribution in [0, 0.1) is 0 Å². The van der Waals surface area contributed by atoms with Gasteiger partial charge in [-0.1, -0.05) is 69.6 Å². The number of halogens is 6. The molecule has 20 heavy (non-hydrogen) atoms. The summed E-state index contributed by atoms with van der Waals surface area (Å²) in [6.45, 7) is 0. The highest BCUT2D eigenvalue weighted by Gasteiger charge is 2.07. The van der Waals surface area contributed by atoms with E-state index in [1.54, 1.807) is 0 Å². The minimum atomic E-state index is 0.264. The first-order chi connectivity index (χ1) is 9.38. The molecule has 8 heteroatoms. The molecule has 2 nitrogen and oxygen atoms in total. The summed E-state index contributed by atoms with van der Waals surface area (Å²) in [4.78, 5) is 0. The fourth-order valence-corrected chi connectivity index (χ4v) is 2.46. The van der Waals surface area contributed by atoms with Crippen LogP contribution in [0.25, 0.3) is 0 Å². The predicted molar refractivity (Wildman–Crippen MR) is 87.1 cm³/mol. The number of azo groups is 1. The summed E-state index contributed by atoms with van der Waals surface area (Å²) < 4.78 is 0. The lowest BCUT2D eigenvalue weighted by molar-refractivity contribution is 1.23. The van der Waals surface area contributed by atoms with Gasteiger partial charge in [-0.2, -0.15) is 5.11 Å². The lowest BCUT2D eigenvalue weighted by atomic mass is 10.3. The van der Waals surface area contributed by atoms with Gasteiger partial charge in [0.1, 0.15) is 5.69 Å². The zero-order valence-corrected chi connectivity index (χ0v) is 14.0. The Morgan fingerprint density at radius 2 is 1.10 bits per heavy atom. The fraction of sp³-hybridized carbons (Fsp3) is 0. The Labute approximate surface area is 145 Å². The van der Waals surface area contributed by atoms with Crippen LogP contribution >= 0.6 is 69.6 Å². The number of nitrogens with zero attached hydrogens (tertiary/aromatic N) is 2. The number of hydrogen-bond donors (Lipinski definition) is 0. The molecule has 0 aliphatic heterocycles. The van der Waals surface area contributed by atoms with Crippen molar-refractivity contribution in [3.05, 3.63) is 54.4 Å². The summed E-state index contributed by atoms with van der Waals surface area (Å²) in [6, 6.07) is 6.06. The summed E-state index contributed by atoms with van der Waals surface area (Å²) in [7, 11) is 0. The zero-order valence-electron chi connectivity index (χ0n) is 9.47. The summed E-state index contributed by atoms with van der Waals surface area (Å²) in [5.74, 6) is 0. The maximum absolute atomic E-state index is 5.99. The summed E-state index contributed by atoms with van der Waals surface area (Å²) in [5.41, 5.74) is 0.815. The van der Waals surface area contributed by atoms with E-state index < -0.39 is 0 Å². The SMILES string of the molecule is Clc1cc(Cl)c(N=Nc2cc(Cl)c(Cl)c(Cl)c2)cc1Cl. The van der Waals surface area contributed by atoms with E-state index >= 15 is 0 Å². The van der Waals surface area contributed by atoms with Crippen molar-refractivity contribution in [2.24, 2.45) is 10.2 Å². The maximum Gasteiger partial charge on any atom is 0.106 e. The van der Waals surface area contributed by atoms with Gasteiger partial charge >= 0.3 is 0 Å². The van der Waals surface area contributed by atoms with E-state index in [1.165, 1.54) is 24.3 Å². The molecule has 0 aromatic heterocycles. The minimum Gasteiger partial charge on any atom is -0.150 e. The van der Waals surface area contributed by atoms with Crippen molar-refractivity contribution in [3.63, 3.8) is 0 Å². The molecule has 0 atom stereocenters. The van der Waals surface area contributed by atoms with E-state index in [0.717, 1.165) is 0 Å². The van der Waals surface area contributed by atoms with Gasteiger partial charge in [-0.05, 0) is 24.3 Å². The first-order valence-electron chi connectivity index (χ1n) is 5.09.